The maximum atomic E-state index is 9.31. The zero-order valence-electron chi connectivity index (χ0n) is 8.74. The van der Waals surface area contributed by atoms with Crippen molar-refractivity contribution in [3.63, 3.8) is 0 Å². The van der Waals surface area contributed by atoms with Crippen LogP contribution in [0, 0.1) is 11.8 Å². The van der Waals surface area contributed by atoms with E-state index in [0.29, 0.717) is 0 Å². The monoisotopic (exact) mass is 183 g/mol. The summed E-state index contributed by atoms with van der Waals surface area (Å²) in [5.41, 5.74) is 0. The van der Waals surface area contributed by atoms with Crippen LogP contribution >= 0.6 is 0 Å². The molecule has 2 saturated carbocycles. The zero-order chi connectivity index (χ0) is 9.42. The lowest BCUT2D eigenvalue weighted by molar-refractivity contribution is 0.0958. The van der Waals surface area contributed by atoms with Crippen LogP contribution in [0.15, 0.2) is 0 Å². The van der Waals surface area contributed by atoms with Gasteiger partial charge in [-0.05, 0) is 45.1 Å². The molecule has 2 aliphatic carbocycles. The molecule has 76 valence electrons. The molecule has 0 spiro atoms. The Morgan fingerprint density at radius 1 is 1.38 bits per heavy atom. The quantitative estimate of drug-likeness (QED) is 0.716. The molecule has 2 heteroatoms. The lowest BCUT2D eigenvalue weighted by atomic mass is 9.94. The molecule has 2 fully saturated rings. The van der Waals surface area contributed by atoms with E-state index in [1.165, 1.54) is 25.7 Å². The lowest BCUT2D eigenvalue weighted by Crippen LogP contribution is -2.39. The van der Waals surface area contributed by atoms with Crippen molar-refractivity contribution in [2.45, 2.75) is 44.8 Å². The van der Waals surface area contributed by atoms with Gasteiger partial charge in [0.25, 0.3) is 0 Å². The van der Waals surface area contributed by atoms with Gasteiger partial charge < -0.3 is 10.0 Å². The summed E-state index contributed by atoms with van der Waals surface area (Å²) in [5.74, 6) is 1.94. The Balaban J connectivity index is 1.87. The first kappa shape index (κ1) is 9.47. The van der Waals surface area contributed by atoms with Crippen LogP contribution in [0.5, 0.6) is 0 Å². The largest absolute Gasteiger partial charge is 0.392 e. The lowest BCUT2D eigenvalue weighted by Gasteiger charge is -2.32. The van der Waals surface area contributed by atoms with E-state index in [9.17, 15) is 5.11 Å². The van der Waals surface area contributed by atoms with Crippen LogP contribution in [-0.4, -0.2) is 35.7 Å². The molecule has 3 unspecified atom stereocenters. The highest BCUT2D eigenvalue weighted by Gasteiger charge is 2.41. The molecule has 0 aromatic rings. The summed E-state index contributed by atoms with van der Waals surface area (Å²) < 4.78 is 0. The topological polar surface area (TPSA) is 23.5 Å². The van der Waals surface area contributed by atoms with Gasteiger partial charge in [-0.15, -0.1) is 0 Å². The third kappa shape index (κ3) is 1.89. The minimum atomic E-state index is -0.177. The molecule has 2 nitrogen and oxygen atoms in total. The van der Waals surface area contributed by atoms with Gasteiger partial charge in [-0.1, -0.05) is 6.42 Å². The SMILES string of the molecule is C[C@H](O)CN(C)C1CC2CCC1C2. The summed E-state index contributed by atoms with van der Waals surface area (Å²) in [7, 11) is 2.16. The normalized spacial score (nSPS) is 40.2. The van der Waals surface area contributed by atoms with E-state index in [1.807, 2.05) is 6.92 Å². The second-order valence-corrected chi connectivity index (χ2v) is 5.03. The highest BCUT2D eigenvalue weighted by molar-refractivity contribution is 4.94. The number of hydrogen-bond acceptors (Lipinski definition) is 2. The van der Waals surface area contributed by atoms with E-state index in [2.05, 4.69) is 11.9 Å². The van der Waals surface area contributed by atoms with Crippen molar-refractivity contribution in [2.24, 2.45) is 11.8 Å². The van der Waals surface area contributed by atoms with E-state index < -0.39 is 0 Å². The van der Waals surface area contributed by atoms with E-state index in [0.717, 1.165) is 24.4 Å². The Morgan fingerprint density at radius 2 is 2.15 bits per heavy atom. The molecule has 0 saturated heterocycles. The predicted molar refractivity (Wildman–Crippen MR) is 53.5 cm³/mol. The van der Waals surface area contributed by atoms with E-state index in [-0.39, 0.29) is 6.10 Å². The van der Waals surface area contributed by atoms with Crippen LogP contribution in [-0.2, 0) is 0 Å². The van der Waals surface area contributed by atoms with Gasteiger partial charge >= 0.3 is 0 Å². The van der Waals surface area contributed by atoms with Gasteiger partial charge in [0, 0.05) is 12.6 Å². The molecule has 0 amide bonds. The number of hydrogen-bond donors (Lipinski definition) is 1. The zero-order valence-corrected chi connectivity index (χ0v) is 8.74. The summed E-state index contributed by atoms with van der Waals surface area (Å²) >= 11 is 0. The van der Waals surface area contributed by atoms with Crippen molar-refractivity contribution in [1.82, 2.24) is 4.90 Å². The molecule has 2 rings (SSSR count). The fourth-order valence-corrected chi connectivity index (χ4v) is 3.30. The molecule has 0 aliphatic heterocycles. The van der Waals surface area contributed by atoms with Crippen molar-refractivity contribution in [1.29, 1.82) is 0 Å². The van der Waals surface area contributed by atoms with Crippen LogP contribution in [0.25, 0.3) is 0 Å². The fraction of sp³-hybridized carbons (Fsp3) is 1.00. The molecule has 13 heavy (non-hydrogen) atoms. The molecule has 2 aliphatic rings. The van der Waals surface area contributed by atoms with E-state index in [1.54, 1.807) is 0 Å². The van der Waals surface area contributed by atoms with E-state index in [4.69, 9.17) is 0 Å². The number of nitrogens with zero attached hydrogens (tertiary/aromatic N) is 1. The van der Waals surface area contributed by atoms with Gasteiger partial charge in [0.15, 0.2) is 0 Å². The standard InChI is InChI=1S/C11H21NO/c1-8(13)7-12(2)11-6-9-3-4-10(11)5-9/h8-11,13H,3-7H2,1-2H3/t8-,9?,10?,11?/m0/s1. The number of fused-ring (bicyclic) bond motifs is 2. The van der Waals surface area contributed by atoms with Crippen LogP contribution in [0.4, 0.5) is 0 Å². The molecule has 0 aromatic heterocycles. The summed E-state index contributed by atoms with van der Waals surface area (Å²) in [6.07, 6.45) is 5.55. The van der Waals surface area contributed by atoms with Crippen molar-refractivity contribution in [3.05, 3.63) is 0 Å². The second-order valence-electron chi connectivity index (χ2n) is 5.03. The average molecular weight is 183 g/mol. The molecule has 1 N–H and O–H groups in total. The van der Waals surface area contributed by atoms with Crippen molar-refractivity contribution >= 4 is 0 Å². The highest BCUT2D eigenvalue weighted by Crippen LogP contribution is 2.46. The van der Waals surface area contributed by atoms with Gasteiger partial charge in [-0.2, -0.15) is 0 Å². The average Bonchev–Trinajstić information content (AvgIpc) is 2.62. The van der Waals surface area contributed by atoms with Crippen LogP contribution < -0.4 is 0 Å². The molecular weight excluding hydrogens is 162 g/mol. The van der Waals surface area contributed by atoms with Crippen LogP contribution in [0.3, 0.4) is 0 Å². The number of likely N-dealkylation sites (N-methyl/N-ethyl adjacent to an activating group) is 1. The van der Waals surface area contributed by atoms with Gasteiger partial charge in [0.2, 0.25) is 0 Å². The first-order valence-corrected chi connectivity index (χ1v) is 5.55. The third-order valence-corrected chi connectivity index (χ3v) is 3.82. The summed E-state index contributed by atoms with van der Waals surface area (Å²) in [6, 6.07) is 0.772. The Labute approximate surface area is 80.9 Å². The van der Waals surface area contributed by atoms with Crippen LogP contribution in [0.1, 0.15) is 32.6 Å². The second kappa shape index (κ2) is 3.58. The maximum Gasteiger partial charge on any atom is 0.0639 e. The molecule has 4 atom stereocenters. The highest BCUT2D eigenvalue weighted by atomic mass is 16.3. The van der Waals surface area contributed by atoms with Crippen molar-refractivity contribution < 1.29 is 5.11 Å². The summed E-state index contributed by atoms with van der Waals surface area (Å²) in [4.78, 5) is 2.37. The fourth-order valence-electron chi connectivity index (χ4n) is 3.30. The van der Waals surface area contributed by atoms with Gasteiger partial charge in [-0.3, -0.25) is 0 Å². The first-order valence-electron chi connectivity index (χ1n) is 5.55. The first-order chi connectivity index (χ1) is 6.16. The summed E-state index contributed by atoms with van der Waals surface area (Å²) in [5, 5.41) is 9.31. The number of aliphatic hydroxyl groups is 1. The summed E-state index contributed by atoms with van der Waals surface area (Å²) in [6.45, 7) is 2.72. The molecular formula is C11H21NO. The third-order valence-electron chi connectivity index (χ3n) is 3.82. The van der Waals surface area contributed by atoms with Crippen LogP contribution in [0.2, 0.25) is 0 Å². The minimum Gasteiger partial charge on any atom is -0.392 e. The minimum absolute atomic E-state index is 0.177. The molecule has 2 bridgehead atoms. The molecule has 0 radical (unpaired) electrons. The Bertz CT molecular complexity index is 181. The number of aliphatic hydroxyl groups excluding tert-OH is 1. The van der Waals surface area contributed by atoms with Gasteiger partial charge in [-0.25, -0.2) is 0 Å². The van der Waals surface area contributed by atoms with Crippen molar-refractivity contribution in [2.75, 3.05) is 13.6 Å². The smallest absolute Gasteiger partial charge is 0.0639 e. The molecule has 0 aromatic carbocycles. The Kier molecular flexibility index (Phi) is 2.61. The van der Waals surface area contributed by atoms with Crippen molar-refractivity contribution in [3.8, 4) is 0 Å². The predicted octanol–water partition coefficient (Wildman–Crippen LogP) is 1.49. The Morgan fingerprint density at radius 3 is 2.62 bits per heavy atom. The van der Waals surface area contributed by atoms with Gasteiger partial charge in [0.1, 0.15) is 0 Å². The van der Waals surface area contributed by atoms with Gasteiger partial charge in [0.05, 0.1) is 6.10 Å². The number of rotatable bonds is 3. The maximum absolute atomic E-state index is 9.31. The molecule has 0 heterocycles. The van der Waals surface area contributed by atoms with E-state index >= 15 is 0 Å². The Hall–Kier alpha value is -0.0800.